The van der Waals surface area contributed by atoms with E-state index < -0.39 is 6.10 Å². The maximum atomic E-state index is 9.90. The first kappa shape index (κ1) is 14.4. The molecule has 0 aliphatic heterocycles. The van der Waals surface area contributed by atoms with Crippen LogP contribution in [0.1, 0.15) is 31.9 Å². The zero-order valence-corrected chi connectivity index (χ0v) is 12.0. The van der Waals surface area contributed by atoms with Crippen LogP contribution in [-0.2, 0) is 6.54 Å². The Morgan fingerprint density at radius 3 is 2.75 bits per heavy atom. The third-order valence-electron chi connectivity index (χ3n) is 2.95. The highest BCUT2D eigenvalue weighted by Gasteiger charge is 2.16. The summed E-state index contributed by atoms with van der Waals surface area (Å²) in [6.07, 6.45) is 3.85. The number of nitrogens with zero attached hydrogens (tertiary/aromatic N) is 2. The van der Waals surface area contributed by atoms with Gasteiger partial charge in [-0.3, -0.25) is 4.68 Å². The second-order valence-electron chi connectivity index (χ2n) is 4.59. The van der Waals surface area contributed by atoms with Gasteiger partial charge < -0.3 is 14.6 Å². The monoisotopic (exact) mass is 276 g/mol. The number of rotatable bonds is 6. The second kappa shape index (κ2) is 6.43. The summed E-state index contributed by atoms with van der Waals surface area (Å²) in [6.45, 7) is 4.63. The number of aromatic nitrogens is 2. The Kier molecular flexibility index (Phi) is 4.63. The van der Waals surface area contributed by atoms with Crippen LogP contribution in [0.25, 0.3) is 0 Å². The summed E-state index contributed by atoms with van der Waals surface area (Å²) in [4.78, 5) is 0. The van der Waals surface area contributed by atoms with E-state index in [4.69, 9.17) is 9.47 Å². The van der Waals surface area contributed by atoms with Crippen LogP contribution in [0.15, 0.2) is 30.6 Å². The Morgan fingerprint density at radius 2 is 2.10 bits per heavy atom. The van der Waals surface area contributed by atoms with Crippen LogP contribution < -0.4 is 9.47 Å². The van der Waals surface area contributed by atoms with Gasteiger partial charge in [0, 0.05) is 6.54 Å². The molecule has 0 aliphatic rings. The van der Waals surface area contributed by atoms with Gasteiger partial charge in [-0.15, -0.1) is 0 Å². The summed E-state index contributed by atoms with van der Waals surface area (Å²) in [5, 5.41) is 14.1. The summed E-state index contributed by atoms with van der Waals surface area (Å²) in [6, 6.07) is 5.44. The molecule has 1 aromatic heterocycles. The Morgan fingerprint density at radius 1 is 1.35 bits per heavy atom. The van der Waals surface area contributed by atoms with Gasteiger partial charge in [0.15, 0.2) is 5.75 Å². The molecule has 108 valence electrons. The molecule has 20 heavy (non-hydrogen) atoms. The van der Waals surface area contributed by atoms with Crippen molar-refractivity contribution in [3.05, 3.63) is 36.2 Å². The number of ether oxygens (including phenoxy) is 2. The first-order chi connectivity index (χ1) is 9.65. The lowest BCUT2D eigenvalue weighted by molar-refractivity contribution is 0.190. The molecule has 1 heterocycles. The molecule has 0 bridgehead atoms. The zero-order valence-electron chi connectivity index (χ0n) is 12.0. The highest BCUT2D eigenvalue weighted by Crippen LogP contribution is 2.36. The largest absolute Gasteiger partial charge is 0.496 e. The van der Waals surface area contributed by atoms with Crippen molar-refractivity contribution < 1.29 is 14.6 Å². The van der Waals surface area contributed by atoms with Crippen LogP contribution in [0.2, 0.25) is 0 Å². The molecule has 0 saturated carbocycles. The second-order valence-corrected chi connectivity index (χ2v) is 4.59. The van der Waals surface area contributed by atoms with E-state index in [1.807, 2.05) is 23.0 Å². The predicted octanol–water partition coefficient (Wildman–Crippen LogP) is 3.15. The quantitative estimate of drug-likeness (QED) is 0.880. The number of aliphatic hydroxyl groups is 1. The van der Waals surface area contributed by atoms with Gasteiger partial charge in [-0.05, 0) is 25.5 Å². The maximum Gasteiger partial charge on any atom is 0.165 e. The van der Waals surface area contributed by atoms with E-state index >= 15 is 0 Å². The summed E-state index contributed by atoms with van der Waals surface area (Å²) in [5.41, 5.74) is 0.637. The number of methoxy groups -OCH3 is 1. The molecule has 0 fully saturated rings. The summed E-state index contributed by atoms with van der Waals surface area (Å²) in [7, 11) is 1.57. The van der Waals surface area contributed by atoms with Gasteiger partial charge in [-0.1, -0.05) is 13.0 Å². The van der Waals surface area contributed by atoms with Crippen LogP contribution in [0, 0.1) is 0 Å². The van der Waals surface area contributed by atoms with Crippen molar-refractivity contribution in [3.8, 4) is 17.2 Å². The fraction of sp³-hybridized carbons (Fsp3) is 0.400. The minimum atomic E-state index is -0.674. The van der Waals surface area contributed by atoms with Crippen molar-refractivity contribution in [2.75, 3.05) is 7.11 Å². The summed E-state index contributed by atoms with van der Waals surface area (Å²) >= 11 is 0. The Hall–Kier alpha value is -2.01. The minimum Gasteiger partial charge on any atom is -0.496 e. The molecular weight excluding hydrogens is 256 g/mol. The van der Waals surface area contributed by atoms with E-state index in [2.05, 4.69) is 12.0 Å². The number of aryl methyl sites for hydroxylation is 1. The van der Waals surface area contributed by atoms with Crippen LogP contribution >= 0.6 is 0 Å². The molecule has 0 aliphatic carbocycles. The van der Waals surface area contributed by atoms with Crippen LogP contribution in [0.4, 0.5) is 0 Å². The molecule has 2 rings (SSSR count). The third kappa shape index (κ3) is 3.11. The van der Waals surface area contributed by atoms with Crippen molar-refractivity contribution in [1.29, 1.82) is 0 Å². The number of hydrogen-bond donors (Lipinski definition) is 1. The van der Waals surface area contributed by atoms with Crippen LogP contribution in [0.5, 0.6) is 17.2 Å². The lowest BCUT2D eigenvalue weighted by Crippen LogP contribution is -2.00. The smallest absolute Gasteiger partial charge is 0.165 e. The van der Waals surface area contributed by atoms with E-state index in [0.29, 0.717) is 22.8 Å². The van der Waals surface area contributed by atoms with Crippen LogP contribution in [0.3, 0.4) is 0 Å². The van der Waals surface area contributed by atoms with Crippen molar-refractivity contribution >= 4 is 0 Å². The Bertz CT molecular complexity index is 564. The highest BCUT2D eigenvalue weighted by atomic mass is 16.5. The average Bonchev–Trinajstić information content (AvgIpc) is 2.86. The first-order valence-electron chi connectivity index (χ1n) is 6.71. The van der Waals surface area contributed by atoms with Gasteiger partial charge in [0.05, 0.1) is 31.2 Å². The van der Waals surface area contributed by atoms with Crippen LogP contribution in [-0.4, -0.2) is 22.0 Å². The van der Waals surface area contributed by atoms with E-state index in [1.165, 1.54) is 0 Å². The maximum absolute atomic E-state index is 9.90. The van der Waals surface area contributed by atoms with Crippen molar-refractivity contribution in [3.63, 3.8) is 0 Å². The van der Waals surface area contributed by atoms with E-state index in [1.54, 1.807) is 26.3 Å². The van der Waals surface area contributed by atoms with Crippen molar-refractivity contribution in [1.82, 2.24) is 9.78 Å². The van der Waals surface area contributed by atoms with E-state index in [-0.39, 0.29) is 0 Å². The highest BCUT2D eigenvalue weighted by molar-refractivity contribution is 5.47. The van der Waals surface area contributed by atoms with Gasteiger partial charge in [-0.25, -0.2) is 0 Å². The Labute approximate surface area is 118 Å². The molecule has 1 N–H and O–H groups in total. The van der Waals surface area contributed by atoms with Gasteiger partial charge in [0.1, 0.15) is 11.5 Å². The van der Waals surface area contributed by atoms with Gasteiger partial charge in [-0.2, -0.15) is 5.10 Å². The van der Waals surface area contributed by atoms with E-state index in [0.717, 1.165) is 13.0 Å². The third-order valence-corrected chi connectivity index (χ3v) is 2.95. The zero-order chi connectivity index (χ0) is 14.5. The first-order valence-corrected chi connectivity index (χ1v) is 6.71. The molecule has 0 spiro atoms. The molecule has 0 saturated heterocycles. The molecular formula is C15H20N2O3. The summed E-state index contributed by atoms with van der Waals surface area (Å²) in [5.74, 6) is 1.84. The number of benzene rings is 1. The minimum absolute atomic E-state index is 0.579. The van der Waals surface area contributed by atoms with E-state index in [9.17, 15) is 5.11 Å². The predicted molar refractivity (Wildman–Crippen MR) is 76.2 cm³/mol. The SMILES string of the molecule is CCCn1cc(Oc2cccc(OC)c2[C@H](C)O)cn1. The fourth-order valence-corrected chi connectivity index (χ4v) is 2.08. The average molecular weight is 276 g/mol. The standard InChI is InChI=1S/C15H20N2O3/c1-4-8-17-10-12(9-16-17)20-14-7-5-6-13(19-3)15(14)11(2)18/h5-7,9-11,18H,4,8H2,1-3H3/t11-/m0/s1. The van der Waals surface area contributed by atoms with Gasteiger partial charge >= 0.3 is 0 Å². The Balaban J connectivity index is 2.27. The van der Waals surface area contributed by atoms with Gasteiger partial charge in [0.25, 0.3) is 0 Å². The molecule has 0 unspecified atom stereocenters. The topological polar surface area (TPSA) is 56.5 Å². The number of hydrogen-bond acceptors (Lipinski definition) is 4. The fourth-order valence-electron chi connectivity index (χ4n) is 2.08. The van der Waals surface area contributed by atoms with Crippen molar-refractivity contribution in [2.45, 2.75) is 32.9 Å². The molecule has 0 radical (unpaired) electrons. The number of aliphatic hydroxyl groups excluding tert-OH is 1. The molecule has 1 aromatic carbocycles. The van der Waals surface area contributed by atoms with Gasteiger partial charge in [0.2, 0.25) is 0 Å². The van der Waals surface area contributed by atoms with Crippen molar-refractivity contribution in [2.24, 2.45) is 0 Å². The lowest BCUT2D eigenvalue weighted by atomic mass is 10.1. The molecule has 5 nitrogen and oxygen atoms in total. The molecule has 5 heteroatoms. The normalized spacial score (nSPS) is 12.2. The summed E-state index contributed by atoms with van der Waals surface area (Å²) < 4.78 is 12.9. The molecule has 0 amide bonds. The molecule has 2 aromatic rings. The lowest BCUT2D eigenvalue weighted by Gasteiger charge is -2.15. The molecule has 1 atom stereocenters.